The number of rotatable bonds is 24. The van der Waals surface area contributed by atoms with Gasteiger partial charge in [0.1, 0.15) is 26.2 Å². The average Bonchev–Trinajstić information content (AvgIpc) is 3.17. The molecule has 0 aliphatic heterocycles. The smallest absolute Gasteiger partial charge is 0.102 e. The number of nitrogens with zero attached hydrogens (tertiary/aromatic N) is 4. The lowest BCUT2D eigenvalue weighted by atomic mass is 9.91. The summed E-state index contributed by atoms with van der Waals surface area (Å²) in [6.07, 6.45) is 27.5. The summed E-state index contributed by atoms with van der Waals surface area (Å²) in [4.78, 5) is 0. The topological polar surface area (TPSA) is 36.9 Å². The maximum atomic E-state index is 6.74. The number of ether oxygens (including phenoxy) is 4. The fourth-order valence-corrected chi connectivity index (χ4v) is 10.5. The minimum atomic E-state index is -0.325. The van der Waals surface area contributed by atoms with Crippen molar-refractivity contribution in [3.05, 3.63) is 0 Å². The van der Waals surface area contributed by atoms with Crippen LogP contribution in [0.3, 0.4) is 0 Å². The summed E-state index contributed by atoms with van der Waals surface area (Å²) in [6.45, 7) is 9.80. The van der Waals surface area contributed by atoms with Crippen LogP contribution in [0.4, 0.5) is 0 Å². The molecular formula is C45H92N4O4+4. The van der Waals surface area contributed by atoms with Gasteiger partial charge in [0.05, 0.1) is 139 Å². The third-order valence-electron chi connectivity index (χ3n) is 15.1. The normalized spacial score (nSPS) is 21.7. The highest BCUT2D eigenvalue weighted by Crippen LogP contribution is 2.30. The van der Waals surface area contributed by atoms with E-state index in [1.165, 1.54) is 128 Å². The molecular weight excluding hydrogens is 661 g/mol. The van der Waals surface area contributed by atoms with Gasteiger partial charge in [0, 0.05) is 0 Å². The molecule has 4 aliphatic carbocycles. The van der Waals surface area contributed by atoms with E-state index in [1.807, 2.05) is 0 Å². The van der Waals surface area contributed by atoms with Gasteiger partial charge in [-0.05, 0) is 103 Å². The fraction of sp³-hybridized carbons (Fsp3) is 1.00. The van der Waals surface area contributed by atoms with Crippen LogP contribution in [-0.2, 0) is 18.9 Å². The van der Waals surface area contributed by atoms with E-state index in [0.717, 1.165) is 94.7 Å². The molecule has 0 N–H and O–H groups in total. The van der Waals surface area contributed by atoms with E-state index in [1.54, 1.807) is 0 Å². The maximum Gasteiger partial charge on any atom is 0.102 e. The zero-order chi connectivity index (χ0) is 38.3. The van der Waals surface area contributed by atoms with Crippen LogP contribution in [0.15, 0.2) is 0 Å². The van der Waals surface area contributed by atoms with Gasteiger partial charge in [0.25, 0.3) is 0 Å². The van der Waals surface area contributed by atoms with Crippen molar-refractivity contribution in [1.82, 2.24) is 0 Å². The van der Waals surface area contributed by atoms with Crippen LogP contribution in [0.1, 0.15) is 128 Å². The molecule has 0 aromatic carbocycles. The zero-order valence-corrected chi connectivity index (χ0v) is 36.9. The number of hydrogen-bond acceptors (Lipinski definition) is 4. The lowest BCUT2D eigenvalue weighted by Crippen LogP contribution is -2.53. The molecule has 0 unspecified atom stereocenters. The van der Waals surface area contributed by atoms with Gasteiger partial charge < -0.3 is 36.9 Å². The van der Waals surface area contributed by atoms with Crippen molar-refractivity contribution in [2.24, 2.45) is 5.41 Å². The van der Waals surface area contributed by atoms with Crippen LogP contribution in [0.5, 0.6) is 0 Å². The minimum absolute atomic E-state index is 0.325. The largest absolute Gasteiger partial charge is 0.375 e. The Kier molecular flexibility index (Phi) is 18.8. The van der Waals surface area contributed by atoms with E-state index in [2.05, 4.69) is 56.4 Å². The summed E-state index contributed by atoms with van der Waals surface area (Å²) in [5.41, 5.74) is -0.325. The third-order valence-corrected chi connectivity index (χ3v) is 15.1. The van der Waals surface area contributed by atoms with Gasteiger partial charge in [-0.2, -0.15) is 0 Å². The number of quaternary nitrogens is 4. The Hall–Kier alpha value is -0.320. The van der Waals surface area contributed by atoms with Crippen molar-refractivity contribution < 1.29 is 36.9 Å². The Labute approximate surface area is 329 Å². The highest BCUT2D eigenvalue weighted by molar-refractivity contribution is 4.80. The Morgan fingerprint density at radius 3 is 0.698 bits per heavy atom. The first-order chi connectivity index (χ1) is 25.2. The van der Waals surface area contributed by atoms with Gasteiger partial charge in [-0.3, -0.25) is 0 Å². The first-order valence-corrected chi connectivity index (χ1v) is 22.9. The minimum Gasteiger partial charge on any atom is -0.375 e. The van der Waals surface area contributed by atoms with Gasteiger partial charge in [-0.15, -0.1) is 0 Å². The molecule has 4 rings (SSSR count). The van der Waals surface area contributed by atoms with Crippen molar-refractivity contribution in [2.45, 2.75) is 153 Å². The molecule has 0 aromatic rings. The molecule has 8 nitrogen and oxygen atoms in total. The van der Waals surface area contributed by atoms with Crippen molar-refractivity contribution >= 4 is 0 Å². The van der Waals surface area contributed by atoms with Crippen molar-refractivity contribution in [1.29, 1.82) is 0 Å². The van der Waals surface area contributed by atoms with Crippen molar-refractivity contribution in [3.63, 3.8) is 0 Å². The van der Waals surface area contributed by atoms with Crippen LogP contribution in [-0.4, -0.2) is 178 Å². The van der Waals surface area contributed by atoms with Crippen molar-refractivity contribution in [3.8, 4) is 0 Å². The Bertz CT molecular complexity index is 821. The van der Waals surface area contributed by atoms with E-state index in [-0.39, 0.29) is 5.41 Å². The summed E-state index contributed by atoms with van der Waals surface area (Å²) < 4.78 is 31.2. The Morgan fingerprint density at radius 2 is 0.509 bits per heavy atom. The second-order valence-corrected chi connectivity index (χ2v) is 20.9. The summed E-state index contributed by atoms with van der Waals surface area (Å²) in [7, 11) is 19.4. The van der Waals surface area contributed by atoms with E-state index in [0.29, 0.717) is 26.4 Å². The Morgan fingerprint density at radius 1 is 0.321 bits per heavy atom. The summed E-state index contributed by atoms with van der Waals surface area (Å²) in [6, 6.07) is 3.03. The second-order valence-electron chi connectivity index (χ2n) is 20.9. The molecule has 0 saturated heterocycles. The van der Waals surface area contributed by atoms with Crippen LogP contribution in [0.25, 0.3) is 0 Å². The average molecular weight is 753 g/mol. The van der Waals surface area contributed by atoms with Gasteiger partial charge in [-0.1, -0.05) is 25.7 Å². The van der Waals surface area contributed by atoms with E-state index in [9.17, 15) is 0 Å². The molecule has 4 aliphatic rings. The quantitative estimate of drug-likeness (QED) is 0.0750. The maximum absolute atomic E-state index is 6.74. The van der Waals surface area contributed by atoms with Crippen LogP contribution >= 0.6 is 0 Å². The van der Waals surface area contributed by atoms with Gasteiger partial charge >= 0.3 is 0 Å². The van der Waals surface area contributed by atoms with Crippen LogP contribution < -0.4 is 0 Å². The third kappa shape index (κ3) is 15.2. The predicted molar refractivity (Wildman–Crippen MR) is 221 cm³/mol. The predicted octanol–water partition coefficient (Wildman–Crippen LogP) is 7.68. The highest BCUT2D eigenvalue weighted by atomic mass is 16.5. The lowest BCUT2D eigenvalue weighted by Gasteiger charge is -2.42. The molecule has 0 atom stereocenters. The van der Waals surface area contributed by atoms with E-state index in [4.69, 9.17) is 18.9 Å². The SMILES string of the molecule is C[N+](C)(CCOCC(COCC[N+](C)(C)C1CCCCC1)(COCC[N+](C)(C)C1CCCCC1)COCC[N+](C)(C)C1CCCCC1)C1CCCCC1. The van der Waals surface area contributed by atoms with E-state index >= 15 is 0 Å². The molecule has 0 radical (unpaired) electrons. The monoisotopic (exact) mass is 753 g/mol. The van der Waals surface area contributed by atoms with Gasteiger partial charge in [0.2, 0.25) is 0 Å². The molecule has 0 spiro atoms. The summed E-state index contributed by atoms with van der Waals surface area (Å²) >= 11 is 0. The Balaban J connectivity index is 1.41. The zero-order valence-electron chi connectivity index (χ0n) is 36.9. The summed E-state index contributed by atoms with van der Waals surface area (Å²) in [5.74, 6) is 0. The van der Waals surface area contributed by atoms with Crippen LogP contribution in [0, 0.1) is 5.41 Å². The molecule has 0 bridgehead atoms. The second kappa shape index (κ2) is 22.0. The molecule has 0 aromatic heterocycles. The summed E-state index contributed by atoms with van der Waals surface area (Å²) in [5, 5.41) is 0. The van der Waals surface area contributed by atoms with Gasteiger partial charge in [0.15, 0.2) is 0 Å². The molecule has 312 valence electrons. The molecule has 8 heteroatoms. The first kappa shape index (κ1) is 45.4. The standard InChI is InChI=1S/C45H92N4O4/c1-46(2,41-21-13-9-14-22-41)29-33-50-37-45(38-51-34-30-47(3,4)42-23-15-10-16-24-42,39-52-35-31-48(5,6)43-25-17-11-18-26-43)40-53-36-32-49(7,8)44-27-19-12-20-28-44/h41-44H,9-40H2,1-8H3/q+4. The highest BCUT2D eigenvalue weighted by Gasteiger charge is 2.37. The molecule has 0 heterocycles. The molecule has 53 heavy (non-hydrogen) atoms. The first-order valence-electron chi connectivity index (χ1n) is 22.9. The number of hydrogen-bond donors (Lipinski definition) is 0. The fourth-order valence-electron chi connectivity index (χ4n) is 10.5. The van der Waals surface area contributed by atoms with Crippen molar-refractivity contribution in [2.75, 3.05) is 135 Å². The molecule has 0 amide bonds. The molecule has 4 fully saturated rings. The van der Waals surface area contributed by atoms with Gasteiger partial charge in [-0.25, -0.2) is 0 Å². The van der Waals surface area contributed by atoms with E-state index < -0.39 is 0 Å². The molecule has 4 saturated carbocycles. The van der Waals surface area contributed by atoms with Crippen LogP contribution in [0.2, 0.25) is 0 Å². The lowest BCUT2D eigenvalue weighted by molar-refractivity contribution is -0.917. The number of likely N-dealkylation sites (N-methyl/N-ethyl adjacent to an activating group) is 4.